The van der Waals surface area contributed by atoms with Gasteiger partial charge in [0.15, 0.2) is 0 Å². The normalized spacial score (nSPS) is 10.6. The molecule has 0 bridgehead atoms. The average molecular weight is 277 g/mol. The van der Waals surface area contributed by atoms with E-state index in [1.807, 2.05) is 6.07 Å². The van der Waals surface area contributed by atoms with E-state index < -0.39 is 0 Å². The van der Waals surface area contributed by atoms with Crippen LogP contribution in [0.5, 0.6) is 0 Å². The van der Waals surface area contributed by atoms with Crippen LogP contribution in [0, 0.1) is 18.3 Å². The number of fused-ring (bicyclic) bond motifs is 1. The molecule has 2 rings (SSSR count). The summed E-state index contributed by atoms with van der Waals surface area (Å²) in [5.74, 6) is 0. The lowest BCUT2D eigenvalue weighted by Crippen LogP contribution is -1.92. The molecule has 16 heavy (non-hydrogen) atoms. The number of para-hydroxylation sites is 1. The number of hydrogen-bond donors (Lipinski definition) is 0. The summed E-state index contributed by atoms with van der Waals surface area (Å²) in [6.45, 7) is 2.11. The fraction of sp³-hybridized carbons (Fsp3) is 0.308. The molecule has 2 nitrogen and oxygen atoms in total. The maximum absolute atomic E-state index is 8.69. The number of hydrogen-bond acceptors (Lipinski definition) is 1. The van der Waals surface area contributed by atoms with Crippen LogP contribution in [0.2, 0.25) is 0 Å². The standard InChI is InChI=1S/C13H13BrN2/c1-9-10(6-4-8-15)11-5-3-7-12(14)13(11)16(9)2/h3,5,7H,4,6H2,1-2H3. The highest BCUT2D eigenvalue weighted by Gasteiger charge is 2.12. The quantitative estimate of drug-likeness (QED) is 0.822. The summed E-state index contributed by atoms with van der Waals surface area (Å²) in [5.41, 5.74) is 3.76. The van der Waals surface area contributed by atoms with E-state index in [1.165, 1.54) is 22.2 Å². The first-order chi connectivity index (χ1) is 7.66. The third kappa shape index (κ3) is 1.64. The zero-order chi connectivity index (χ0) is 11.7. The van der Waals surface area contributed by atoms with Crippen LogP contribution >= 0.6 is 15.9 Å². The molecule has 0 saturated carbocycles. The molecule has 0 unspecified atom stereocenters. The second-order valence-corrected chi connectivity index (χ2v) is 4.77. The Balaban J connectivity index is 2.70. The molecule has 3 heteroatoms. The van der Waals surface area contributed by atoms with Gasteiger partial charge in [-0.2, -0.15) is 5.26 Å². The average Bonchev–Trinajstić information content (AvgIpc) is 2.51. The van der Waals surface area contributed by atoms with Gasteiger partial charge in [0.2, 0.25) is 0 Å². The SMILES string of the molecule is Cc1c(CCC#N)c2cccc(Br)c2n1C. The van der Waals surface area contributed by atoms with Crippen LogP contribution in [0.3, 0.4) is 0 Å². The van der Waals surface area contributed by atoms with Gasteiger partial charge in [0.1, 0.15) is 0 Å². The molecule has 0 aliphatic rings. The van der Waals surface area contributed by atoms with Crippen molar-refractivity contribution in [2.75, 3.05) is 0 Å². The van der Waals surface area contributed by atoms with E-state index in [1.54, 1.807) is 0 Å². The Hall–Kier alpha value is -1.27. The van der Waals surface area contributed by atoms with Crippen LogP contribution in [0.25, 0.3) is 10.9 Å². The lowest BCUT2D eigenvalue weighted by molar-refractivity contribution is 0.887. The van der Waals surface area contributed by atoms with Crippen molar-refractivity contribution in [1.82, 2.24) is 4.57 Å². The first-order valence-corrected chi connectivity index (χ1v) is 6.05. The van der Waals surface area contributed by atoms with E-state index in [4.69, 9.17) is 5.26 Å². The van der Waals surface area contributed by atoms with Crippen molar-refractivity contribution in [3.05, 3.63) is 33.9 Å². The number of aryl methyl sites for hydroxylation is 2. The summed E-state index contributed by atoms with van der Waals surface area (Å²) < 4.78 is 3.30. The predicted octanol–water partition coefficient (Wildman–Crippen LogP) is 3.71. The van der Waals surface area contributed by atoms with Crippen LogP contribution < -0.4 is 0 Å². The first kappa shape index (κ1) is 11.2. The molecule has 0 fully saturated rings. The molecule has 0 aliphatic heterocycles. The molecule has 82 valence electrons. The summed E-state index contributed by atoms with van der Waals surface area (Å²) in [4.78, 5) is 0. The largest absolute Gasteiger partial charge is 0.347 e. The van der Waals surface area contributed by atoms with Crippen molar-refractivity contribution >= 4 is 26.8 Å². The van der Waals surface area contributed by atoms with E-state index in [2.05, 4.69) is 52.7 Å². The van der Waals surface area contributed by atoms with E-state index in [0.717, 1.165) is 10.9 Å². The highest BCUT2D eigenvalue weighted by atomic mass is 79.9. The number of benzene rings is 1. The topological polar surface area (TPSA) is 28.7 Å². The van der Waals surface area contributed by atoms with Crippen molar-refractivity contribution in [3.8, 4) is 6.07 Å². The molecular formula is C13H13BrN2. The monoisotopic (exact) mass is 276 g/mol. The summed E-state index contributed by atoms with van der Waals surface area (Å²) in [6.07, 6.45) is 1.41. The van der Waals surface area contributed by atoms with E-state index >= 15 is 0 Å². The van der Waals surface area contributed by atoms with Gasteiger partial charge in [-0.1, -0.05) is 12.1 Å². The minimum atomic E-state index is 0.576. The Morgan fingerprint density at radius 2 is 2.19 bits per heavy atom. The number of nitriles is 1. The predicted molar refractivity (Wildman–Crippen MR) is 69.3 cm³/mol. The molecule has 0 spiro atoms. The van der Waals surface area contributed by atoms with Crippen LogP contribution in [0.4, 0.5) is 0 Å². The van der Waals surface area contributed by atoms with Gasteiger partial charge in [0, 0.05) is 29.0 Å². The number of nitrogens with zero attached hydrogens (tertiary/aromatic N) is 2. The summed E-state index contributed by atoms with van der Waals surface area (Å²) >= 11 is 3.58. The Kier molecular flexibility index (Phi) is 3.02. The van der Waals surface area contributed by atoms with Crippen LogP contribution in [0.15, 0.2) is 22.7 Å². The van der Waals surface area contributed by atoms with Gasteiger partial charge in [0.05, 0.1) is 11.6 Å². The summed E-state index contributed by atoms with van der Waals surface area (Å²) in [7, 11) is 2.07. The van der Waals surface area contributed by atoms with Crippen LogP contribution in [-0.2, 0) is 13.5 Å². The lowest BCUT2D eigenvalue weighted by Gasteiger charge is -2.00. The van der Waals surface area contributed by atoms with Gasteiger partial charge in [-0.05, 0) is 40.9 Å². The zero-order valence-electron chi connectivity index (χ0n) is 9.42. The third-order valence-corrected chi connectivity index (χ3v) is 3.71. The minimum absolute atomic E-state index is 0.576. The maximum atomic E-state index is 8.69. The van der Waals surface area contributed by atoms with Gasteiger partial charge in [0.25, 0.3) is 0 Å². The molecule has 1 aromatic carbocycles. The Morgan fingerprint density at radius 1 is 1.44 bits per heavy atom. The summed E-state index contributed by atoms with van der Waals surface area (Å²) in [6, 6.07) is 8.43. The van der Waals surface area contributed by atoms with Gasteiger partial charge >= 0.3 is 0 Å². The van der Waals surface area contributed by atoms with Gasteiger partial charge in [-0.15, -0.1) is 0 Å². The highest BCUT2D eigenvalue weighted by molar-refractivity contribution is 9.10. The molecule has 0 N–H and O–H groups in total. The van der Waals surface area contributed by atoms with Crippen molar-refractivity contribution in [1.29, 1.82) is 5.26 Å². The van der Waals surface area contributed by atoms with Crippen molar-refractivity contribution in [2.45, 2.75) is 19.8 Å². The van der Waals surface area contributed by atoms with E-state index in [0.29, 0.717) is 6.42 Å². The van der Waals surface area contributed by atoms with Crippen molar-refractivity contribution in [3.63, 3.8) is 0 Å². The van der Waals surface area contributed by atoms with Crippen LogP contribution in [0.1, 0.15) is 17.7 Å². The lowest BCUT2D eigenvalue weighted by atomic mass is 10.1. The Bertz CT molecular complexity index is 576. The third-order valence-electron chi connectivity index (χ3n) is 3.07. The van der Waals surface area contributed by atoms with Gasteiger partial charge in [-0.3, -0.25) is 0 Å². The molecule has 1 heterocycles. The van der Waals surface area contributed by atoms with E-state index in [-0.39, 0.29) is 0 Å². The Morgan fingerprint density at radius 3 is 2.88 bits per heavy atom. The molecule has 0 atom stereocenters. The molecule has 0 saturated heterocycles. The van der Waals surface area contributed by atoms with Crippen LogP contribution in [-0.4, -0.2) is 4.57 Å². The molecule has 0 aliphatic carbocycles. The summed E-state index contributed by atoms with van der Waals surface area (Å²) in [5, 5.41) is 9.94. The van der Waals surface area contributed by atoms with Crippen molar-refractivity contribution < 1.29 is 0 Å². The fourth-order valence-corrected chi connectivity index (χ4v) is 2.79. The number of halogens is 1. The second kappa shape index (κ2) is 4.31. The molecule has 2 aromatic rings. The molecule has 0 amide bonds. The van der Waals surface area contributed by atoms with Gasteiger partial charge < -0.3 is 4.57 Å². The fourth-order valence-electron chi connectivity index (χ4n) is 2.16. The highest BCUT2D eigenvalue weighted by Crippen LogP contribution is 2.31. The first-order valence-electron chi connectivity index (χ1n) is 5.26. The number of rotatable bonds is 2. The second-order valence-electron chi connectivity index (χ2n) is 3.92. The van der Waals surface area contributed by atoms with Crippen molar-refractivity contribution in [2.24, 2.45) is 7.05 Å². The zero-order valence-corrected chi connectivity index (χ0v) is 11.0. The molecule has 1 aromatic heterocycles. The van der Waals surface area contributed by atoms with Gasteiger partial charge in [-0.25, -0.2) is 0 Å². The number of aromatic nitrogens is 1. The Labute approximate surface area is 104 Å². The molecule has 0 radical (unpaired) electrons. The molecular weight excluding hydrogens is 264 g/mol. The maximum Gasteiger partial charge on any atom is 0.0627 e. The van der Waals surface area contributed by atoms with E-state index in [9.17, 15) is 0 Å². The minimum Gasteiger partial charge on any atom is -0.347 e. The smallest absolute Gasteiger partial charge is 0.0627 e.